The average Bonchev–Trinajstić information content (AvgIpc) is 3.26. The Hall–Kier alpha value is -2.99. The highest BCUT2D eigenvalue weighted by Crippen LogP contribution is 2.22. The number of halogens is 1. The van der Waals surface area contributed by atoms with Crippen LogP contribution in [0.1, 0.15) is 38.1 Å². The fourth-order valence-corrected chi connectivity index (χ4v) is 3.61. The molecule has 0 aliphatic carbocycles. The third kappa shape index (κ3) is 4.12. The minimum absolute atomic E-state index is 0.157. The molecule has 0 N–H and O–H groups in total. The topological polar surface area (TPSA) is 46.6 Å². The van der Waals surface area contributed by atoms with Crippen molar-refractivity contribution in [3.05, 3.63) is 87.4 Å². The SMILES string of the molecule is CCN(Cc1ccc(OC)c(F)c1)C(=O)c1ccccc1C(=O)c1cccs1. The van der Waals surface area contributed by atoms with Crippen molar-refractivity contribution >= 4 is 23.0 Å². The van der Waals surface area contributed by atoms with Crippen molar-refractivity contribution in [2.45, 2.75) is 13.5 Å². The summed E-state index contributed by atoms with van der Waals surface area (Å²) >= 11 is 1.34. The molecule has 0 bridgehead atoms. The largest absolute Gasteiger partial charge is 0.494 e. The van der Waals surface area contributed by atoms with E-state index in [0.29, 0.717) is 28.1 Å². The maximum atomic E-state index is 14.0. The highest BCUT2D eigenvalue weighted by atomic mass is 32.1. The minimum atomic E-state index is -0.475. The van der Waals surface area contributed by atoms with Gasteiger partial charge in [-0.15, -0.1) is 11.3 Å². The Balaban J connectivity index is 1.88. The van der Waals surface area contributed by atoms with Gasteiger partial charge in [0.15, 0.2) is 11.6 Å². The van der Waals surface area contributed by atoms with Crippen LogP contribution in [0, 0.1) is 5.82 Å². The Morgan fingerprint density at radius 1 is 1.07 bits per heavy atom. The summed E-state index contributed by atoms with van der Waals surface area (Å²) in [6, 6.07) is 15.0. The molecule has 0 atom stereocenters. The zero-order chi connectivity index (χ0) is 20.1. The Morgan fingerprint density at radius 3 is 2.43 bits per heavy atom. The number of ether oxygens (including phenoxy) is 1. The first-order valence-corrected chi connectivity index (χ1v) is 9.72. The van der Waals surface area contributed by atoms with Crippen LogP contribution in [0.5, 0.6) is 5.75 Å². The van der Waals surface area contributed by atoms with Crippen molar-refractivity contribution in [2.24, 2.45) is 0 Å². The van der Waals surface area contributed by atoms with Gasteiger partial charge in [0.25, 0.3) is 5.91 Å². The van der Waals surface area contributed by atoms with E-state index < -0.39 is 5.82 Å². The molecule has 1 amide bonds. The predicted octanol–water partition coefficient (Wildman–Crippen LogP) is 4.79. The summed E-state index contributed by atoms with van der Waals surface area (Å²) in [5.74, 6) is -0.758. The highest BCUT2D eigenvalue weighted by Gasteiger charge is 2.22. The molecule has 0 aliphatic heterocycles. The summed E-state index contributed by atoms with van der Waals surface area (Å²) in [5, 5.41) is 1.83. The van der Waals surface area contributed by atoms with Crippen LogP contribution < -0.4 is 4.74 Å². The van der Waals surface area contributed by atoms with Crippen molar-refractivity contribution in [2.75, 3.05) is 13.7 Å². The lowest BCUT2D eigenvalue weighted by atomic mass is 10.0. The standard InChI is InChI=1S/C22H20FNO3S/c1-3-24(14-15-10-11-19(27-2)18(23)13-15)22(26)17-8-5-4-7-16(17)21(25)20-9-6-12-28-20/h4-13H,3,14H2,1-2H3. The van der Waals surface area contributed by atoms with Gasteiger partial charge in [0.05, 0.1) is 17.6 Å². The van der Waals surface area contributed by atoms with Gasteiger partial charge in [0, 0.05) is 18.7 Å². The maximum absolute atomic E-state index is 14.0. The number of ketones is 1. The van der Waals surface area contributed by atoms with Crippen molar-refractivity contribution in [3.63, 3.8) is 0 Å². The molecule has 0 radical (unpaired) electrons. The van der Waals surface area contributed by atoms with Gasteiger partial charge in [0.1, 0.15) is 0 Å². The number of benzene rings is 2. The number of hydrogen-bond acceptors (Lipinski definition) is 4. The molecule has 6 heteroatoms. The summed E-state index contributed by atoms with van der Waals surface area (Å²) in [4.78, 5) is 28.1. The first kappa shape index (κ1) is 19.8. The number of carbonyl (C=O) groups excluding carboxylic acids is 2. The Bertz CT molecular complexity index is 985. The Morgan fingerprint density at radius 2 is 1.82 bits per heavy atom. The molecule has 4 nitrogen and oxygen atoms in total. The highest BCUT2D eigenvalue weighted by molar-refractivity contribution is 7.12. The molecule has 3 aromatic rings. The van der Waals surface area contributed by atoms with Gasteiger partial charge in [-0.25, -0.2) is 4.39 Å². The number of methoxy groups -OCH3 is 1. The first-order chi connectivity index (χ1) is 13.5. The zero-order valence-electron chi connectivity index (χ0n) is 15.6. The van der Waals surface area contributed by atoms with Gasteiger partial charge >= 0.3 is 0 Å². The quantitative estimate of drug-likeness (QED) is 0.539. The van der Waals surface area contributed by atoms with E-state index in [1.165, 1.54) is 30.6 Å². The van der Waals surface area contributed by atoms with Crippen LogP contribution in [0.4, 0.5) is 4.39 Å². The lowest BCUT2D eigenvalue weighted by Gasteiger charge is -2.22. The summed E-state index contributed by atoms with van der Waals surface area (Å²) in [6.45, 7) is 2.51. The zero-order valence-corrected chi connectivity index (χ0v) is 16.5. The maximum Gasteiger partial charge on any atom is 0.254 e. The van der Waals surface area contributed by atoms with Gasteiger partial charge in [-0.2, -0.15) is 0 Å². The van der Waals surface area contributed by atoms with Crippen LogP contribution in [-0.4, -0.2) is 30.2 Å². The van der Waals surface area contributed by atoms with E-state index >= 15 is 0 Å². The predicted molar refractivity (Wildman–Crippen MR) is 108 cm³/mol. The lowest BCUT2D eigenvalue weighted by Crippen LogP contribution is -2.31. The fourth-order valence-electron chi connectivity index (χ4n) is 2.93. The fraction of sp³-hybridized carbons (Fsp3) is 0.182. The molecular formula is C22H20FNO3S. The molecule has 0 unspecified atom stereocenters. The van der Waals surface area contributed by atoms with E-state index in [2.05, 4.69) is 0 Å². The molecule has 0 spiro atoms. The van der Waals surface area contributed by atoms with Crippen molar-refractivity contribution < 1.29 is 18.7 Å². The minimum Gasteiger partial charge on any atom is -0.494 e. The molecule has 1 aromatic heterocycles. The molecule has 0 saturated carbocycles. The molecule has 0 saturated heterocycles. The van der Waals surface area contributed by atoms with Gasteiger partial charge in [-0.1, -0.05) is 30.3 Å². The van der Waals surface area contributed by atoms with E-state index in [1.807, 2.05) is 12.3 Å². The van der Waals surface area contributed by atoms with E-state index in [9.17, 15) is 14.0 Å². The molecule has 0 aliphatic rings. The van der Waals surface area contributed by atoms with Crippen LogP contribution >= 0.6 is 11.3 Å². The van der Waals surface area contributed by atoms with E-state index in [4.69, 9.17) is 4.74 Å². The van der Waals surface area contributed by atoms with Crippen LogP contribution in [0.2, 0.25) is 0 Å². The Kier molecular flexibility index (Phi) is 6.21. The first-order valence-electron chi connectivity index (χ1n) is 8.84. The van der Waals surface area contributed by atoms with Crippen molar-refractivity contribution in [1.29, 1.82) is 0 Å². The third-order valence-corrected chi connectivity index (χ3v) is 5.27. The van der Waals surface area contributed by atoms with E-state index in [1.54, 1.807) is 47.4 Å². The van der Waals surface area contributed by atoms with Crippen molar-refractivity contribution in [1.82, 2.24) is 4.90 Å². The molecule has 2 aromatic carbocycles. The summed E-state index contributed by atoms with van der Waals surface area (Å²) in [5.41, 5.74) is 1.36. The average molecular weight is 397 g/mol. The molecular weight excluding hydrogens is 377 g/mol. The van der Waals surface area contributed by atoms with E-state index in [0.717, 1.165) is 0 Å². The van der Waals surface area contributed by atoms with Gasteiger partial charge in [0.2, 0.25) is 5.78 Å². The second-order valence-corrected chi connectivity index (χ2v) is 7.09. The normalized spacial score (nSPS) is 10.5. The second-order valence-electron chi connectivity index (χ2n) is 6.14. The van der Waals surface area contributed by atoms with Crippen LogP contribution in [0.3, 0.4) is 0 Å². The Labute approximate surface area is 167 Å². The molecule has 0 fully saturated rings. The van der Waals surface area contributed by atoms with Crippen molar-refractivity contribution in [3.8, 4) is 5.75 Å². The molecule has 3 rings (SSSR count). The molecule has 144 valence electrons. The number of nitrogens with zero attached hydrogens (tertiary/aromatic N) is 1. The number of amides is 1. The number of carbonyl (C=O) groups is 2. The second kappa shape index (κ2) is 8.80. The van der Waals surface area contributed by atoms with E-state index in [-0.39, 0.29) is 24.0 Å². The van der Waals surface area contributed by atoms with Crippen LogP contribution in [-0.2, 0) is 6.54 Å². The summed E-state index contributed by atoms with van der Waals surface area (Å²) < 4.78 is 18.9. The summed E-state index contributed by atoms with van der Waals surface area (Å²) in [7, 11) is 1.40. The number of thiophene rings is 1. The summed E-state index contributed by atoms with van der Waals surface area (Å²) in [6.07, 6.45) is 0. The van der Waals surface area contributed by atoms with Gasteiger partial charge < -0.3 is 9.64 Å². The number of rotatable bonds is 7. The van der Waals surface area contributed by atoms with Gasteiger partial charge in [-0.3, -0.25) is 9.59 Å². The lowest BCUT2D eigenvalue weighted by molar-refractivity contribution is 0.0748. The van der Waals surface area contributed by atoms with Gasteiger partial charge in [-0.05, 0) is 42.1 Å². The van der Waals surface area contributed by atoms with Crippen LogP contribution in [0.15, 0.2) is 60.0 Å². The van der Waals surface area contributed by atoms with Crippen LogP contribution in [0.25, 0.3) is 0 Å². The molecule has 28 heavy (non-hydrogen) atoms. The monoisotopic (exact) mass is 397 g/mol. The third-order valence-electron chi connectivity index (χ3n) is 4.41. The smallest absolute Gasteiger partial charge is 0.254 e. The molecule has 1 heterocycles. The number of hydrogen-bond donors (Lipinski definition) is 0.